The Morgan fingerprint density at radius 1 is 1.47 bits per heavy atom. The third-order valence-electron chi connectivity index (χ3n) is 1.67. The first-order valence-corrected chi connectivity index (χ1v) is 6.31. The fraction of sp³-hybridized carbons (Fsp3) is 0.125. The molecule has 0 aliphatic carbocycles. The third-order valence-corrected chi connectivity index (χ3v) is 3.62. The van der Waals surface area contributed by atoms with Crippen LogP contribution in [-0.4, -0.2) is 19.3 Å². The summed E-state index contributed by atoms with van der Waals surface area (Å²) in [6, 6.07) is 2.56. The molecule has 0 unspecified atom stereocenters. The maximum atomic E-state index is 10.6. The topological polar surface area (TPSA) is 81.8 Å². The van der Waals surface area contributed by atoms with E-state index in [-0.39, 0.29) is 10.8 Å². The molecule has 0 amide bonds. The van der Waals surface area contributed by atoms with Gasteiger partial charge in [-0.15, -0.1) is 0 Å². The second-order valence-corrected chi connectivity index (χ2v) is 5.36. The van der Waals surface area contributed by atoms with E-state index in [1.54, 1.807) is 6.92 Å². The molecule has 0 bridgehead atoms. The van der Waals surface area contributed by atoms with Crippen LogP contribution in [0.15, 0.2) is 21.5 Å². The highest BCUT2D eigenvalue weighted by Crippen LogP contribution is 2.31. The molecule has 0 radical (unpaired) electrons. The van der Waals surface area contributed by atoms with Gasteiger partial charge in [-0.2, -0.15) is 4.37 Å². The van der Waals surface area contributed by atoms with E-state index < -0.39 is 4.92 Å². The van der Waals surface area contributed by atoms with E-state index >= 15 is 0 Å². The van der Waals surface area contributed by atoms with Gasteiger partial charge in [-0.25, -0.2) is 9.97 Å². The third kappa shape index (κ3) is 3.11. The summed E-state index contributed by atoms with van der Waals surface area (Å²) in [6.07, 6.45) is 0. The maximum Gasteiger partial charge on any atom is 0.275 e. The first kappa shape index (κ1) is 12.2. The summed E-state index contributed by atoms with van der Waals surface area (Å²) in [7, 11) is 0. The van der Waals surface area contributed by atoms with Gasteiger partial charge in [-0.1, -0.05) is 11.6 Å². The van der Waals surface area contributed by atoms with Crippen LogP contribution >= 0.6 is 34.9 Å². The Balaban J connectivity index is 2.29. The summed E-state index contributed by atoms with van der Waals surface area (Å²) < 4.78 is 4.68. The minimum Gasteiger partial charge on any atom is -0.258 e. The standard InChI is InChI=1S/C8H5ClN4O2S2/c1-4-10-8(17-12-4)16-7-3-5(13(14)15)2-6(9)11-7/h2-3H,1H3. The van der Waals surface area contributed by atoms with Gasteiger partial charge in [0, 0.05) is 6.07 Å². The monoisotopic (exact) mass is 288 g/mol. The van der Waals surface area contributed by atoms with Crippen molar-refractivity contribution in [2.24, 2.45) is 0 Å². The van der Waals surface area contributed by atoms with E-state index in [9.17, 15) is 10.1 Å². The number of hydrogen-bond acceptors (Lipinski definition) is 7. The van der Waals surface area contributed by atoms with Gasteiger partial charge in [-0.05, 0) is 30.2 Å². The van der Waals surface area contributed by atoms with Crippen molar-refractivity contribution >= 4 is 40.6 Å². The van der Waals surface area contributed by atoms with Crippen LogP contribution in [0.3, 0.4) is 0 Å². The van der Waals surface area contributed by atoms with Crippen LogP contribution in [0, 0.1) is 17.0 Å². The summed E-state index contributed by atoms with van der Waals surface area (Å²) in [5, 5.41) is 11.2. The van der Waals surface area contributed by atoms with Gasteiger partial charge >= 0.3 is 0 Å². The summed E-state index contributed by atoms with van der Waals surface area (Å²) in [4.78, 5) is 18.2. The number of hydrogen-bond donors (Lipinski definition) is 0. The molecule has 2 heterocycles. The molecule has 0 aliphatic rings. The van der Waals surface area contributed by atoms with E-state index in [2.05, 4.69) is 14.3 Å². The Hall–Kier alpha value is -1.25. The van der Waals surface area contributed by atoms with Gasteiger partial charge < -0.3 is 0 Å². The van der Waals surface area contributed by atoms with Gasteiger partial charge in [0.2, 0.25) is 0 Å². The Labute approximate surface area is 109 Å². The van der Waals surface area contributed by atoms with Crippen LogP contribution in [0.5, 0.6) is 0 Å². The highest BCUT2D eigenvalue weighted by Gasteiger charge is 2.12. The number of aryl methyl sites for hydroxylation is 1. The Bertz CT molecular complexity index is 574. The average Bonchev–Trinajstić information content (AvgIpc) is 2.63. The van der Waals surface area contributed by atoms with Crippen molar-refractivity contribution in [3.05, 3.63) is 33.2 Å². The minimum atomic E-state index is -0.511. The SMILES string of the molecule is Cc1nsc(Sc2cc([N+](=O)[O-])cc(Cl)n2)n1. The lowest BCUT2D eigenvalue weighted by Gasteiger charge is -1.98. The van der Waals surface area contributed by atoms with Crippen LogP contribution in [0.2, 0.25) is 5.15 Å². The molecule has 0 spiro atoms. The summed E-state index contributed by atoms with van der Waals surface area (Å²) in [5.74, 6) is 0.661. The molecular formula is C8H5ClN4O2S2. The lowest BCUT2D eigenvalue weighted by Crippen LogP contribution is -1.90. The first-order chi connectivity index (χ1) is 8.04. The zero-order valence-corrected chi connectivity index (χ0v) is 10.8. The van der Waals surface area contributed by atoms with E-state index in [4.69, 9.17) is 11.6 Å². The number of aromatic nitrogens is 3. The van der Waals surface area contributed by atoms with Crippen molar-refractivity contribution in [2.75, 3.05) is 0 Å². The van der Waals surface area contributed by atoms with E-state index in [1.807, 2.05) is 0 Å². The van der Waals surface area contributed by atoms with Crippen molar-refractivity contribution in [2.45, 2.75) is 16.3 Å². The summed E-state index contributed by atoms with van der Waals surface area (Å²) in [5.41, 5.74) is -0.0891. The van der Waals surface area contributed by atoms with Gasteiger partial charge in [-0.3, -0.25) is 10.1 Å². The van der Waals surface area contributed by atoms with Crippen LogP contribution in [-0.2, 0) is 0 Å². The lowest BCUT2D eigenvalue weighted by molar-refractivity contribution is -0.385. The fourth-order valence-electron chi connectivity index (χ4n) is 1.03. The molecule has 0 N–H and O–H groups in total. The second kappa shape index (κ2) is 4.94. The predicted octanol–water partition coefficient (Wildman–Crippen LogP) is 2.95. The number of rotatable bonds is 3. The summed E-state index contributed by atoms with van der Waals surface area (Å²) >= 11 is 8.12. The van der Waals surface area contributed by atoms with Crippen molar-refractivity contribution in [1.29, 1.82) is 0 Å². The van der Waals surface area contributed by atoms with Crippen LogP contribution in [0.1, 0.15) is 5.82 Å². The zero-order chi connectivity index (χ0) is 12.4. The Morgan fingerprint density at radius 2 is 2.24 bits per heavy atom. The number of halogens is 1. The largest absolute Gasteiger partial charge is 0.275 e. The van der Waals surface area contributed by atoms with Crippen molar-refractivity contribution < 1.29 is 4.92 Å². The molecule has 17 heavy (non-hydrogen) atoms. The van der Waals surface area contributed by atoms with Crippen LogP contribution in [0.4, 0.5) is 5.69 Å². The second-order valence-electron chi connectivity index (χ2n) is 2.95. The van der Waals surface area contributed by atoms with Crippen LogP contribution < -0.4 is 0 Å². The normalized spacial score (nSPS) is 10.5. The van der Waals surface area contributed by atoms with E-state index in [0.717, 1.165) is 0 Å². The van der Waals surface area contributed by atoms with Crippen molar-refractivity contribution in [1.82, 2.24) is 14.3 Å². The van der Waals surface area contributed by atoms with E-state index in [0.29, 0.717) is 15.2 Å². The molecule has 6 nitrogen and oxygen atoms in total. The number of nitrogens with zero attached hydrogens (tertiary/aromatic N) is 4. The predicted molar refractivity (Wildman–Crippen MR) is 64.7 cm³/mol. The number of nitro groups is 1. The highest BCUT2D eigenvalue weighted by atomic mass is 35.5. The Kier molecular flexibility index (Phi) is 3.55. The zero-order valence-electron chi connectivity index (χ0n) is 8.45. The van der Waals surface area contributed by atoms with Gasteiger partial charge in [0.15, 0.2) is 4.34 Å². The lowest BCUT2D eigenvalue weighted by atomic mass is 10.4. The molecule has 0 aromatic carbocycles. The fourth-order valence-corrected chi connectivity index (χ4v) is 2.90. The average molecular weight is 289 g/mol. The molecule has 0 atom stereocenters. The molecule has 88 valence electrons. The molecule has 9 heteroatoms. The van der Waals surface area contributed by atoms with Crippen molar-refractivity contribution in [3.8, 4) is 0 Å². The molecule has 0 aliphatic heterocycles. The smallest absolute Gasteiger partial charge is 0.258 e. The van der Waals surface area contributed by atoms with Gasteiger partial charge in [0.1, 0.15) is 16.0 Å². The molecule has 2 aromatic rings. The molecule has 0 fully saturated rings. The molecule has 2 rings (SSSR count). The van der Waals surface area contributed by atoms with Gasteiger partial charge in [0.05, 0.1) is 11.0 Å². The molecule has 0 saturated heterocycles. The van der Waals surface area contributed by atoms with E-state index in [1.165, 1.54) is 35.4 Å². The minimum absolute atomic E-state index is 0.0861. The van der Waals surface area contributed by atoms with Gasteiger partial charge in [0.25, 0.3) is 5.69 Å². The number of pyridine rings is 1. The van der Waals surface area contributed by atoms with Crippen LogP contribution in [0.25, 0.3) is 0 Å². The first-order valence-electron chi connectivity index (χ1n) is 4.35. The molecule has 0 saturated carbocycles. The maximum absolute atomic E-state index is 10.6. The molecule has 2 aromatic heterocycles. The molecular weight excluding hydrogens is 284 g/mol. The van der Waals surface area contributed by atoms with Crippen molar-refractivity contribution in [3.63, 3.8) is 0 Å². The Morgan fingerprint density at radius 3 is 2.82 bits per heavy atom. The highest BCUT2D eigenvalue weighted by molar-refractivity contribution is 8.00. The summed E-state index contributed by atoms with van der Waals surface area (Å²) in [6.45, 7) is 1.77. The quantitative estimate of drug-likeness (QED) is 0.490.